The molecule has 0 bridgehead atoms. The fourth-order valence-electron chi connectivity index (χ4n) is 2.67. The highest BCUT2D eigenvalue weighted by molar-refractivity contribution is 6.31. The van der Waals surface area contributed by atoms with Gasteiger partial charge >= 0.3 is 0 Å². The van der Waals surface area contributed by atoms with Gasteiger partial charge in [-0.25, -0.2) is 9.97 Å². The number of nitrogens with zero attached hydrogens (tertiary/aromatic N) is 2. The molecular formula is C14H17ClN4. The molecule has 4 nitrogen and oxygen atoms in total. The number of benzene rings is 1. The van der Waals surface area contributed by atoms with Crippen LogP contribution in [-0.4, -0.2) is 22.1 Å². The van der Waals surface area contributed by atoms with E-state index < -0.39 is 0 Å². The first kappa shape index (κ1) is 12.6. The maximum Gasteiger partial charge on any atom is 0.137 e. The number of aryl methyl sites for hydroxylation is 1. The Bertz CT molecular complexity index is 614. The van der Waals surface area contributed by atoms with Crippen molar-refractivity contribution < 1.29 is 0 Å². The van der Waals surface area contributed by atoms with Gasteiger partial charge in [0.25, 0.3) is 0 Å². The Balaban J connectivity index is 1.99. The Morgan fingerprint density at radius 3 is 2.89 bits per heavy atom. The first-order chi connectivity index (χ1) is 9.11. The molecule has 2 aromatic rings. The predicted molar refractivity (Wildman–Crippen MR) is 78.5 cm³/mol. The number of nitrogens with two attached hydrogens (primary N) is 1. The van der Waals surface area contributed by atoms with Crippen LogP contribution in [0.15, 0.2) is 18.2 Å². The third-order valence-corrected chi connectivity index (χ3v) is 3.82. The van der Waals surface area contributed by atoms with E-state index in [9.17, 15) is 0 Å². The van der Waals surface area contributed by atoms with Crippen LogP contribution in [0.3, 0.4) is 0 Å². The van der Waals surface area contributed by atoms with Gasteiger partial charge in [0.1, 0.15) is 11.6 Å². The van der Waals surface area contributed by atoms with E-state index in [0.29, 0.717) is 17.1 Å². The summed E-state index contributed by atoms with van der Waals surface area (Å²) in [6.45, 7) is 1.90. The van der Waals surface area contributed by atoms with E-state index >= 15 is 0 Å². The number of nitrogens with one attached hydrogen (secondary N) is 1. The molecule has 5 heteroatoms. The highest BCUT2D eigenvalue weighted by Crippen LogP contribution is 2.27. The lowest BCUT2D eigenvalue weighted by molar-refractivity contribution is 0.687. The molecule has 0 unspecified atom stereocenters. The quantitative estimate of drug-likeness (QED) is 0.885. The van der Waals surface area contributed by atoms with Crippen molar-refractivity contribution >= 4 is 28.3 Å². The number of rotatable bonds is 2. The van der Waals surface area contributed by atoms with Crippen LogP contribution in [-0.2, 0) is 0 Å². The van der Waals surface area contributed by atoms with Crippen molar-refractivity contribution in [1.29, 1.82) is 0 Å². The summed E-state index contributed by atoms with van der Waals surface area (Å²) in [6.07, 6.45) is 3.15. The molecule has 1 fully saturated rings. The molecule has 19 heavy (non-hydrogen) atoms. The minimum atomic E-state index is 0.301. The van der Waals surface area contributed by atoms with Crippen molar-refractivity contribution in [2.24, 2.45) is 5.73 Å². The summed E-state index contributed by atoms with van der Waals surface area (Å²) in [4.78, 5) is 8.94. The molecule has 0 aliphatic heterocycles. The summed E-state index contributed by atoms with van der Waals surface area (Å²) in [6, 6.07) is 6.39. The minimum absolute atomic E-state index is 0.301. The summed E-state index contributed by atoms with van der Waals surface area (Å²) < 4.78 is 0. The third-order valence-electron chi connectivity index (χ3n) is 3.58. The van der Waals surface area contributed by atoms with Crippen LogP contribution in [0.2, 0.25) is 5.02 Å². The SMILES string of the molecule is Cc1nc(N[C@H]2CC[C@H](N)C2)c2cc(Cl)ccc2n1. The Morgan fingerprint density at radius 2 is 2.16 bits per heavy atom. The van der Waals surface area contributed by atoms with Crippen LogP contribution >= 0.6 is 11.6 Å². The zero-order valence-electron chi connectivity index (χ0n) is 10.9. The molecule has 3 rings (SSSR count). The van der Waals surface area contributed by atoms with Crippen molar-refractivity contribution in [3.63, 3.8) is 0 Å². The summed E-state index contributed by atoms with van der Waals surface area (Å²) in [5, 5.41) is 5.16. The van der Waals surface area contributed by atoms with Crippen molar-refractivity contribution in [3.05, 3.63) is 29.0 Å². The molecule has 0 radical (unpaired) electrons. The Morgan fingerprint density at radius 1 is 1.32 bits per heavy atom. The van der Waals surface area contributed by atoms with E-state index in [0.717, 1.165) is 41.8 Å². The summed E-state index contributed by atoms with van der Waals surface area (Å²) in [5.74, 6) is 1.63. The van der Waals surface area contributed by atoms with Gasteiger partial charge in [-0.2, -0.15) is 0 Å². The van der Waals surface area contributed by atoms with E-state index in [2.05, 4.69) is 15.3 Å². The molecule has 1 aromatic carbocycles. The van der Waals surface area contributed by atoms with E-state index in [4.69, 9.17) is 17.3 Å². The predicted octanol–water partition coefficient (Wildman–Crippen LogP) is 2.88. The van der Waals surface area contributed by atoms with E-state index in [1.54, 1.807) is 0 Å². The highest BCUT2D eigenvalue weighted by Gasteiger charge is 2.22. The second-order valence-corrected chi connectivity index (χ2v) is 5.63. The molecule has 0 saturated heterocycles. The van der Waals surface area contributed by atoms with Crippen LogP contribution in [0.25, 0.3) is 10.9 Å². The van der Waals surface area contributed by atoms with Gasteiger partial charge in [0, 0.05) is 22.5 Å². The molecule has 1 aromatic heterocycles. The van der Waals surface area contributed by atoms with Gasteiger partial charge in [-0.15, -0.1) is 0 Å². The molecular weight excluding hydrogens is 260 g/mol. The monoisotopic (exact) mass is 276 g/mol. The van der Waals surface area contributed by atoms with E-state index in [1.165, 1.54) is 0 Å². The average molecular weight is 277 g/mol. The third kappa shape index (κ3) is 2.65. The number of hydrogen-bond donors (Lipinski definition) is 2. The van der Waals surface area contributed by atoms with Crippen molar-refractivity contribution in [1.82, 2.24) is 9.97 Å². The van der Waals surface area contributed by atoms with Crippen LogP contribution in [0.4, 0.5) is 5.82 Å². The first-order valence-corrected chi connectivity index (χ1v) is 6.95. The van der Waals surface area contributed by atoms with Gasteiger partial charge in [-0.3, -0.25) is 0 Å². The van der Waals surface area contributed by atoms with Gasteiger partial charge in [-0.1, -0.05) is 11.6 Å². The molecule has 100 valence electrons. The second-order valence-electron chi connectivity index (χ2n) is 5.20. The lowest BCUT2D eigenvalue weighted by Crippen LogP contribution is -2.21. The van der Waals surface area contributed by atoms with Crippen LogP contribution in [0, 0.1) is 6.92 Å². The molecule has 1 saturated carbocycles. The number of aromatic nitrogens is 2. The number of anilines is 1. The van der Waals surface area contributed by atoms with Crippen molar-refractivity contribution in [3.8, 4) is 0 Å². The first-order valence-electron chi connectivity index (χ1n) is 6.58. The smallest absolute Gasteiger partial charge is 0.137 e. The molecule has 1 aliphatic rings. The molecule has 0 amide bonds. The topological polar surface area (TPSA) is 63.8 Å². The van der Waals surface area contributed by atoms with Crippen LogP contribution < -0.4 is 11.1 Å². The van der Waals surface area contributed by atoms with Crippen LogP contribution in [0.5, 0.6) is 0 Å². The van der Waals surface area contributed by atoms with Gasteiger partial charge < -0.3 is 11.1 Å². The highest BCUT2D eigenvalue weighted by atomic mass is 35.5. The summed E-state index contributed by atoms with van der Waals surface area (Å²) in [5.41, 5.74) is 6.87. The normalized spacial score (nSPS) is 22.9. The number of halogens is 1. The maximum absolute atomic E-state index is 6.07. The Kier molecular flexibility index (Phi) is 3.29. The zero-order chi connectivity index (χ0) is 13.4. The van der Waals surface area contributed by atoms with Crippen molar-refractivity contribution in [2.45, 2.75) is 38.3 Å². The second kappa shape index (κ2) is 4.94. The minimum Gasteiger partial charge on any atom is -0.367 e. The number of hydrogen-bond acceptors (Lipinski definition) is 4. The Labute approximate surface area is 117 Å². The lowest BCUT2D eigenvalue weighted by Gasteiger charge is -2.15. The van der Waals surface area contributed by atoms with Crippen LogP contribution in [0.1, 0.15) is 25.1 Å². The van der Waals surface area contributed by atoms with Gasteiger partial charge in [0.2, 0.25) is 0 Å². The van der Waals surface area contributed by atoms with Gasteiger partial charge in [0.05, 0.1) is 5.52 Å². The average Bonchev–Trinajstić information content (AvgIpc) is 2.76. The zero-order valence-corrected chi connectivity index (χ0v) is 11.6. The van der Waals surface area contributed by atoms with E-state index in [-0.39, 0.29) is 0 Å². The fourth-order valence-corrected chi connectivity index (χ4v) is 2.84. The summed E-state index contributed by atoms with van der Waals surface area (Å²) in [7, 11) is 0. The molecule has 2 atom stereocenters. The number of fused-ring (bicyclic) bond motifs is 1. The lowest BCUT2D eigenvalue weighted by atomic mass is 10.2. The summed E-state index contributed by atoms with van der Waals surface area (Å²) >= 11 is 6.07. The molecule has 1 aliphatic carbocycles. The standard InChI is InChI=1S/C14H17ClN4/c1-8-17-13-5-2-9(15)6-12(13)14(18-8)19-11-4-3-10(16)7-11/h2,5-6,10-11H,3-4,7,16H2,1H3,(H,17,18,19)/t10-,11-/m0/s1. The molecule has 0 spiro atoms. The van der Waals surface area contributed by atoms with E-state index in [1.807, 2.05) is 25.1 Å². The maximum atomic E-state index is 6.07. The molecule has 3 N–H and O–H groups in total. The van der Waals surface area contributed by atoms with Gasteiger partial charge in [-0.05, 0) is 44.4 Å². The van der Waals surface area contributed by atoms with Crippen molar-refractivity contribution in [2.75, 3.05) is 5.32 Å². The Hall–Kier alpha value is -1.39. The molecule has 1 heterocycles. The largest absolute Gasteiger partial charge is 0.367 e. The van der Waals surface area contributed by atoms with Gasteiger partial charge in [0.15, 0.2) is 0 Å². The fraction of sp³-hybridized carbons (Fsp3) is 0.429.